The summed E-state index contributed by atoms with van der Waals surface area (Å²) in [7, 11) is 0. The molecule has 81 valence electrons. The lowest BCUT2D eigenvalue weighted by atomic mass is 10.1. The maximum atomic E-state index is 12.8. The van der Waals surface area contributed by atoms with E-state index in [0.717, 1.165) is 5.56 Å². The number of aryl methyl sites for hydroxylation is 1. The van der Waals surface area contributed by atoms with Gasteiger partial charge in [-0.25, -0.2) is 4.39 Å². The first-order valence-electron chi connectivity index (χ1n) is 5.10. The number of rotatable bonds is 3. The third-order valence-corrected chi connectivity index (χ3v) is 2.39. The van der Waals surface area contributed by atoms with Gasteiger partial charge in [0.15, 0.2) is 0 Å². The van der Waals surface area contributed by atoms with E-state index >= 15 is 0 Å². The molecule has 0 aromatic heterocycles. The lowest BCUT2D eigenvalue weighted by Gasteiger charge is -2.08. The lowest BCUT2D eigenvalue weighted by Crippen LogP contribution is -1.97. The van der Waals surface area contributed by atoms with Gasteiger partial charge in [0.1, 0.15) is 18.2 Å². The van der Waals surface area contributed by atoms with Gasteiger partial charge in [0.2, 0.25) is 0 Å². The first-order valence-corrected chi connectivity index (χ1v) is 5.10. The highest BCUT2D eigenvalue weighted by atomic mass is 19.1. The van der Waals surface area contributed by atoms with Gasteiger partial charge in [-0.1, -0.05) is 24.3 Å². The van der Waals surface area contributed by atoms with Crippen molar-refractivity contribution in [1.82, 2.24) is 0 Å². The Morgan fingerprint density at radius 3 is 2.81 bits per heavy atom. The van der Waals surface area contributed by atoms with Crippen molar-refractivity contribution in [1.29, 1.82) is 0 Å². The van der Waals surface area contributed by atoms with Crippen LogP contribution >= 0.6 is 0 Å². The van der Waals surface area contributed by atoms with Crippen LogP contribution in [-0.4, -0.2) is 0 Å². The summed E-state index contributed by atoms with van der Waals surface area (Å²) in [5.74, 6) is 0.127. The number of benzene rings is 2. The smallest absolute Gasteiger partial charge is 0.134 e. The molecular weight excluding hydrogens is 203 g/mol. The largest absolute Gasteiger partial charge is 0.489 e. The standard InChI is InChI=1S/C14H12FO/c1-11-5-2-3-6-12(11)10-16-14-8-4-7-13(15)9-14/h2-6,8-9H,10H2,1H3. The summed E-state index contributed by atoms with van der Waals surface area (Å²) in [6, 6.07) is 15.0. The molecule has 0 bridgehead atoms. The maximum Gasteiger partial charge on any atom is 0.134 e. The van der Waals surface area contributed by atoms with E-state index in [1.54, 1.807) is 6.07 Å². The summed E-state index contributed by atoms with van der Waals surface area (Å²) in [6.45, 7) is 2.48. The Balaban J connectivity index is 2.05. The van der Waals surface area contributed by atoms with Crippen LogP contribution in [0.2, 0.25) is 0 Å². The second-order valence-electron chi connectivity index (χ2n) is 3.59. The monoisotopic (exact) mass is 215 g/mol. The van der Waals surface area contributed by atoms with Gasteiger partial charge in [0.05, 0.1) is 0 Å². The van der Waals surface area contributed by atoms with Crippen molar-refractivity contribution in [2.75, 3.05) is 0 Å². The number of halogens is 1. The normalized spacial score (nSPS) is 10.1. The van der Waals surface area contributed by atoms with Crippen LogP contribution in [0.1, 0.15) is 11.1 Å². The predicted octanol–water partition coefficient (Wildman–Crippen LogP) is 3.51. The second kappa shape index (κ2) is 4.79. The molecule has 16 heavy (non-hydrogen) atoms. The van der Waals surface area contributed by atoms with E-state index < -0.39 is 5.82 Å². The molecule has 0 unspecified atom stereocenters. The van der Waals surface area contributed by atoms with E-state index in [9.17, 15) is 4.39 Å². The summed E-state index contributed by atoms with van der Waals surface area (Å²) in [5, 5.41) is 0. The van der Waals surface area contributed by atoms with Crippen molar-refractivity contribution in [2.45, 2.75) is 13.5 Å². The molecule has 0 spiro atoms. The van der Waals surface area contributed by atoms with Crippen LogP contribution in [-0.2, 0) is 6.61 Å². The molecule has 2 rings (SSSR count). The summed E-state index contributed by atoms with van der Waals surface area (Å²) in [6.07, 6.45) is 0. The summed E-state index contributed by atoms with van der Waals surface area (Å²) >= 11 is 0. The van der Waals surface area contributed by atoms with E-state index in [4.69, 9.17) is 4.74 Å². The topological polar surface area (TPSA) is 9.23 Å². The van der Waals surface area contributed by atoms with Crippen LogP contribution in [0.4, 0.5) is 4.39 Å². The third kappa shape index (κ3) is 2.60. The fourth-order valence-electron chi connectivity index (χ4n) is 1.44. The Hall–Kier alpha value is -1.83. The van der Waals surface area contributed by atoms with E-state index in [0.29, 0.717) is 12.4 Å². The molecule has 0 fully saturated rings. The molecule has 2 aromatic carbocycles. The molecule has 0 saturated carbocycles. The Bertz CT molecular complexity index is 480. The van der Waals surface area contributed by atoms with Gasteiger partial charge in [0, 0.05) is 12.1 Å². The number of hydrogen-bond acceptors (Lipinski definition) is 1. The molecule has 1 radical (unpaired) electrons. The zero-order valence-corrected chi connectivity index (χ0v) is 9.03. The number of ether oxygens (including phenoxy) is 1. The third-order valence-electron chi connectivity index (χ3n) is 2.39. The van der Waals surface area contributed by atoms with Crippen molar-refractivity contribution >= 4 is 0 Å². The molecule has 0 aliphatic heterocycles. The highest BCUT2D eigenvalue weighted by molar-refractivity contribution is 5.27. The van der Waals surface area contributed by atoms with Crippen molar-refractivity contribution in [2.24, 2.45) is 0 Å². The average Bonchev–Trinajstić information content (AvgIpc) is 2.28. The lowest BCUT2D eigenvalue weighted by molar-refractivity contribution is 0.304. The molecule has 1 nitrogen and oxygen atoms in total. The van der Waals surface area contributed by atoms with E-state index in [-0.39, 0.29) is 0 Å². The summed E-state index contributed by atoms with van der Waals surface area (Å²) in [4.78, 5) is 0. The van der Waals surface area contributed by atoms with Crippen LogP contribution in [0.3, 0.4) is 0 Å². The molecule has 0 saturated heterocycles. The molecule has 0 heterocycles. The molecule has 2 heteroatoms. The Kier molecular flexibility index (Phi) is 3.20. The van der Waals surface area contributed by atoms with Gasteiger partial charge >= 0.3 is 0 Å². The highest BCUT2D eigenvalue weighted by Crippen LogP contribution is 2.15. The van der Waals surface area contributed by atoms with Crippen molar-refractivity contribution in [3.05, 3.63) is 65.5 Å². The van der Waals surface area contributed by atoms with Crippen molar-refractivity contribution in [3.8, 4) is 5.75 Å². The SMILES string of the molecule is Cc1ccccc1COc1cc[c]c(F)c1. The predicted molar refractivity (Wildman–Crippen MR) is 60.7 cm³/mol. The van der Waals surface area contributed by atoms with Gasteiger partial charge in [0.25, 0.3) is 0 Å². The van der Waals surface area contributed by atoms with Crippen LogP contribution in [0, 0.1) is 18.8 Å². The minimum atomic E-state index is -0.401. The minimum absolute atomic E-state index is 0.401. The van der Waals surface area contributed by atoms with E-state index in [2.05, 4.69) is 6.07 Å². The summed E-state index contributed by atoms with van der Waals surface area (Å²) < 4.78 is 18.3. The van der Waals surface area contributed by atoms with Gasteiger partial charge in [-0.2, -0.15) is 0 Å². The molecular formula is C14H12FO. The summed E-state index contributed by atoms with van der Waals surface area (Å²) in [5.41, 5.74) is 2.28. The fraction of sp³-hybridized carbons (Fsp3) is 0.143. The molecule has 0 aliphatic rings. The van der Waals surface area contributed by atoms with Crippen LogP contribution in [0.5, 0.6) is 5.75 Å². The number of hydrogen-bond donors (Lipinski definition) is 0. The van der Waals surface area contributed by atoms with Crippen LogP contribution in [0.15, 0.2) is 42.5 Å². The molecule has 0 aliphatic carbocycles. The average molecular weight is 215 g/mol. The van der Waals surface area contributed by atoms with Crippen molar-refractivity contribution < 1.29 is 9.13 Å². The van der Waals surface area contributed by atoms with Gasteiger partial charge < -0.3 is 4.74 Å². The Morgan fingerprint density at radius 1 is 1.25 bits per heavy atom. The van der Waals surface area contributed by atoms with Crippen LogP contribution in [0.25, 0.3) is 0 Å². The van der Waals surface area contributed by atoms with Gasteiger partial charge in [-0.3, -0.25) is 0 Å². The quantitative estimate of drug-likeness (QED) is 0.761. The molecule has 0 N–H and O–H groups in total. The molecule has 2 aromatic rings. The Labute approximate surface area is 94.5 Å². The van der Waals surface area contributed by atoms with Gasteiger partial charge in [-0.15, -0.1) is 0 Å². The Morgan fingerprint density at radius 2 is 2.06 bits per heavy atom. The minimum Gasteiger partial charge on any atom is -0.489 e. The fourth-order valence-corrected chi connectivity index (χ4v) is 1.44. The van der Waals surface area contributed by atoms with E-state index in [1.807, 2.05) is 31.2 Å². The zero-order chi connectivity index (χ0) is 11.4. The molecule has 0 amide bonds. The molecule has 0 atom stereocenters. The highest BCUT2D eigenvalue weighted by Gasteiger charge is 1.99. The van der Waals surface area contributed by atoms with Crippen LogP contribution < -0.4 is 4.74 Å². The maximum absolute atomic E-state index is 12.8. The van der Waals surface area contributed by atoms with Crippen molar-refractivity contribution in [3.63, 3.8) is 0 Å². The second-order valence-corrected chi connectivity index (χ2v) is 3.59. The first-order chi connectivity index (χ1) is 7.75. The van der Waals surface area contributed by atoms with E-state index in [1.165, 1.54) is 17.7 Å². The van der Waals surface area contributed by atoms with Gasteiger partial charge in [-0.05, 0) is 30.2 Å². The zero-order valence-electron chi connectivity index (χ0n) is 9.03. The first kappa shape index (κ1) is 10.7.